The second-order valence-electron chi connectivity index (χ2n) is 4.76. The molecule has 0 aromatic heterocycles. The summed E-state index contributed by atoms with van der Waals surface area (Å²) < 4.78 is 4.87. The van der Waals surface area contributed by atoms with Crippen molar-refractivity contribution in [2.24, 2.45) is 5.41 Å². The summed E-state index contributed by atoms with van der Waals surface area (Å²) in [5.74, 6) is -0.177. The molecule has 0 atom stereocenters. The van der Waals surface area contributed by atoms with E-state index in [9.17, 15) is 4.79 Å². The zero-order chi connectivity index (χ0) is 12.1. The Morgan fingerprint density at radius 1 is 1.27 bits per heavy atom. The van der Waals surface area contributed by atoms with E-state index in [1.54, 1.807) is 0 Å². The molecule has 15 heavy (non-hydrogen) atoms. The van der Waals surface area contributed by atoms with Gasteiger partial charge in [0.15, 0.2) is 0 Å². The fourth-order valence-corrected chi connectivity index (χ4v) is 0.980. The Morgan fingerprint density at radius 3 is 2.20 bits per heavy atom. The van der Waals surface area contributed by atoms with E-state index in [1.165, 1.54) is 0 Å². The molecule has 0 aliphatic carbocycles. The minimum absolute atomic E-state index is 0.107. The van der Waals surface area contributed by atoms with Crippen molar-refractivity contribution in [3.63, 3.8) is 0 Å². The molecule has 0 aromatic carbocycles. The summed E-state index contributed by atoms with van der Waals surface area (Å²) >= 11 is 0. The molecule has 0 heterocycles. The minimum atomic E-state index is -0.177. The van der Waals surface area contributed by atoms with E-state index in [2.05, 4.69) is 26.5 Å². The molecule has 0 spiro atoms. The van der Waals surface area contributed by atoms with Gasteiger partial charge >= 0.3 is 5.97 Å². The fraction of sp³-hybridized carbons (Fsp3) is 0.692. The minimum Gasteiger partial charge on any atom is -0.466 e. The van der Waals surface area contributed by atoms with Crippen molar-refractivity contribution in [2.45, 2.75) is 48.0 Å². The van der Waals surface area contributed by atoms with Gasteiger partial charge in [0.1, 0.15) is 0 Å². The summed E-state index contributed by atoms with van der Waals surface area (Å²) in [6.45, 7) is 12.6. The predicted octanol–water partition coefficient (Wildman–Crippen LogP) is 3.48. The second-order valence-corrected chi connectivity index (χ2v) is 4.76. The lowest BCUT2D eigenvalue weighted by molar-refractivity contribution is -0.142. The molecule has 0 bridgehead atoms. The van der Waals surface area contributed by atoms with E-state index in [1.807, 2.05) is 20.8 Å². The smallest absolute Gasteiger partial charge is 0.310 e. The highest BCUT2D eigenvalue weighted by atomic mass is 16.5. The predicted molar refractivity (Wildman–Crippen MR) is 62.6 cm³/mol. The fourth-order valence-electron chi connectivity index (χ4n) is 0.980. The molecule has 0 saturated heterocycles. The van der Waals surface area contributed by atoms with Gasteiger partial charge in [-0.1, -0.05) is 20.8 Å². The largest absolute Gasteiger partial charge is 0.466 e. The van der Waals surface area contributed by atoms with Gasteiger partial charge in [0, 0.05) is 0 Å². The summed E-state index contributed by atoms with van der Waals surface area (Å²) in [7, 11) is 0. The summed E-state index contributed by atoms with van der Waals surface area (Å²) in [5.41, 5.74) is 5.44. The maximum Gasteiger partial charge on any atom is 0.310 e. The summed E-state index contributed by atoms with van der Waals surface area (Å²) in [6.07, 6.45) is 0.335. The van der Waals surface area contributed by atoms with Gasteiger partial charge in [-0.2, -0.15) is 0 Å². The van der Waals surface area contributed by atoms with Crippen LogP contribution in [0, 0.1) is 5.41 Å². The first-order chi connectivity index (χ1) is 6.77. The lowest BCUT2D eigenvalue weighted by atomic mass is 9.88. The number of hydrogen-bond donors (Lipinski definition) is 0. The first-order valence-electron chi connectivity index (χ1n) is 5.36. The van der Waals surface area contributed by atoms with E-state index in [0.29, 0.717) is 13.0 Å². The first-order valence-corrected chi connectivity index (χ1v) is 5.36. The highest BCUT2D eigenvalue weighted by Gasteiger charge is 2.12. The van der Waals surface area contributed by atoms with Crippen molar-refractivity contribution < 1.29 is 9.53 Å². The van der Waals surface area contributed by atoms with Gasteiger partial charge in [0.25, 0.3) is 0 Å². The second kappa shape index (κ2) is 5.77. The third kappa shape index (κ3) is 6.14. The van der Waals surface area contributed by atoms with Crippen LogP contribution in [0.4, 0.5) is 0 Å². The number of esters is 1. The average molecular weight is 210 g/mol. The zero-order valence-electron chi connectivity index (χ0n) is 10.7. The van der Waals surface area contributed by atoms with Crippen LogP contribution < -0.4 is 0 Å². The van der Waals surface area contributed by atoms with Crippen LogP contribution in [0.5, 0.6) is 0 Å². The maximum atomic E-state index is 11.2. The zero-order valence-corrected chi connectivity index (χ0v) is 10.7. The number of hydrogen-bond acceptors (Lipinski definition) is 2. The van der Waals surface area contributed by atoms with Crippen LogP contribution in [0.1, 0.15) is 48.0 Å². The Morgan fingerprint density at radius 2 is 1.80 bits per heavy atom. The van der Waals surface area contributed by atoms with Crippen molar-refractivity contribution in [3.05, 3.63) is 16.9 Å². The van der Waals surface area contributed by atoms with Crippen molar-refractivity contribution >= 4 is 5.97 Å². The molecule has 2 heteroatoms. The Hall–Kier alpha value is -1.01. The molecule has 0 aliphatic rings. The van der Waals surface area contributed by atoms with Crippen LogP contribution in [-0.2, 0) is 9.53 Å². The lowest BCUT2D eigenvalue weighted by Crippen LogP contribution is -2.06. The molecule has 0 radical (unpaired) electrons. The van der Waals surface area contributed by atoms with E-state index < -0.39 is 0 Å². The topological polar surface area (TPSA) is 26.3 Å². The van der Waals surface area contributed by atoms with Gasteiger partial charge in [-0.3, -0.25) is 4.79 Å². The molecule has 2 nitrogen and oxygen atoms in total. The summed E-state index contributed by atoms with van der Waals surface area (Å²) in [5, 5.41) is 0. The van der Waals surface area contributed by atoms with Gasteiger partial charge in [0.05, 0.1) is 13.0 Å². The number of carbonyl (C=O) groups excluding carboxylic acids is 1. The van der Waals surface area contributed by atoms with Gasteiger partial charge < -0.3 is 4.74 Å². The molecule has 0 saturated carbocycles. The molecule has 0 aromatic rings. The number of rotatable bonds is 3. The van der Waals surface area contributed by atoms with Crippen molar-refractivity contribution in [2.75, 3.05) is 6.61 Å². The monoisotopic (exact) mass is 210 g/mol. The van der Waals surface area contributed by atoms with E-state index in [4.69, 9.17) is 4.74 Å². The highest BCUT2D eigenvalue weighted by molar-refractivity contribution is 5.72. The standard InChI is InChI=1S/C13H22O2/c1-7-15-12(14)9-10(2)8-11(3)13(4,5)6/h7,9H2,1-6H3. The van der Waals surface area contributed by atoms with Gasteiger partial charge in [0.2, 0.25) is 0 Å². The molecule has 0 fully saturated rings. The third-order valence-electron chi connectivity index (χ3n) is 2.24. The van der Waals surface area contributed by atoms with Crippen LogP contribution in [0.3, 0.4) is 0 Å². The Balaban J connectivity index is 4.63. The molecule has 86 valence electrons. The molecule has 0 amide bonds. The van der Waals surface area contributed by atoms with Crippen LogP contribution in [-0.4, -0.2) is 12.6 Å². The highest BCUT2D eigenvalue weighted by Crippen LogP contribution is 2.23. The quantitative estimate of drug-likeness (QED) is 0.526. The summed E-state index contributed by atoms with van der Waals surface area (Å²) in [6, 6.07) is 0. The van der Waals surface area contributed by atoms with Gasteiger partial charge in [-0.15, -0.1) is 5.73 Å². The molecule has 0 unspecified atom stereocenters. The van der Waals surface area contributed by atoms with E-state index in [0.717, 1.165) is 11.1 Å². The van der Waals surface area contributed by atoms with Crippen LogP contribution >= 0.6 is 0 Å². The Bertz CT molecular complexity index is 286. The molecule has 0 rings (SSSR count). The van der Waals surface area contributed by atoms with Crippen LogP contribution in [0.2, 0.25) is 0 Å². The van der Waals surface area contributed by atoms with Crippen molar-refractivity contribution in [3.8, 4) is 0 Å². The van der Waals surface area contributed by atoms with E-state index >= 15 is 0 Å². The lowest BCUT2D eigenvalue weighted by Gasteiger charge is -2.17. The van der Waals surface area contributed by atoms with E-state index in [-0.39, 0.29) is 11.4 Å². The van der Waals surface area contributed by atoms with Crippen LogP contribution in [0.15, 0.2) is 16.9 Å². The van der Waals surface area contributed by atoms with Crippen LogP contribution in [0.25, 0.3) is 0 Å². The molecular formula is C13H22O2. The Labute approximate surface area is 93.0 Å². The molecule has 0 N–H and O–H groups in total. The average Bonchev–Trinajstić information content (AvgIpc) is 2.01. The Kier molecular flexibility index (Phi) is 5.38. The van der Waals surface area contributed by atoms with Crippen molar-refractivity contribution in [1.29, 1.82) is 0 Å². The van der Waals surface area contributed by atoms with Gasteiger partial charge in [-0.05, 0) is 37.3 Å². The van der Waals surface area contributed by atoms with Crippen molar-refractivity contribution in [1.82, 2.24) is 0 Å². The third-order valence-corrected chi connectivity index (χ3v) is 2.24. The normalized spacial score (nSPS) is 10.5. The molecular weight excluding hydrogens is 188 g/mol. The summed E-state index contributed by atoms with van der Waals surface area (Å²) in [4.78, 5) is 11.2. The maximum absolute atomic E-state index is 11.2. The number of carbonyl (C=O) groups is 1. The SMILES string of the molecule is CCOC(=O)CC(C)=C=C(C)C(C)(C)C. The van der Waals surface area contributed by atoms with Gasteiger partial charge in [-0.25, -0.2) is 0 Å². The number of ether oxygens (including phenoxy) is 1. The molecule has 0 aliphatic heterocycles. The first kappa shape index (κ1) is 14.0.